The van der Waals surface area contributed by atoms with E-state index in [0.29, 0.717) is 17.0 Å². The molecule has 0 fully saturated rings. The number of primary amides is 1. The average Bonchev–Trinajstić information content (AvgIpc) is 2.89. The van der Waals surface area contributed by atoms with Crippen LogP contribution in [0.4, 0.5) is 5.69 Å². The van der Waals surface area contributed by atoms with Crippen molar-refractivity contribution in [1.82, 2.24) is 9.78 Å². The monoisotopic (exact) mass is 486 g/mol. The van der Waals surface area contributed by atoms with Crippen molar-refractivity contribution < 1.29 is 23.9 Å². The molecule has 1 heterocycles. The third kappa shape index (κ3) is 5.22. The standard InChI is InChI=1S/C26H22N4O6/c1-35-18-11-7-10-17(14-18)28-25(33)23(16-8-3-2-4-9-16)36-21(31)15-30-26(34)20-13-6-5-12-19(20)22(29-30)24(27)32/h2-14,23H,15H2,1H3,(H2,27,32)(H,28,33)/t23-/m1/s1. The lowest BCUT2D eigenvalue weighted by Crippen LogP contribution is -2.33. The Balaban J connectivity index is 1.61. The number of amides is 2. The van der Waals surface area contributed by atoms with Gasteiger partial charge in [0.25, 0.3) is 17.4 Å². The number of rotatable bonds is 8. The molecule has 10 heteroatoms. The van der Waals surface area contributed by atoms with Crippen LogP contribution in [0, 0.1) is 0 Å². The quantitative estimate of drug-likeness (QED) is 0.364. The number of carbonyl (C=O) groups is 3. The maximum absolute atomic E-state index is 13.1. The van der Waals surface area contributed by atoms with Crippen molar-refractivity contribution in [2.24, 2.45) is 5.73 Å². The SMILES string of the molecule is COc1cccc(NC(=O)[C@H](OC(=O)Cn2nc(C(N)=O)c3ccccc3c2=O)c2ccccc2)c1. The molecule has 0 aliphatic rings. The van der Waals surface area contributed by atoms with Crippen LogP contribution in [0.3, 0.4) is 0 Å². The highest BCUT2D eigenvalue weighted by molar-refractivity contribution is 6.04. The van der Waals surface area contributed by atoms with Gasteiger partial charge in [-0.3, -0.25) is 19.2 Å². The summed E-state index contributed by atoms with van der Waals surface area (Å²) in [5.41, 5.74) is 5.52. The Labute approximate surface area is 205 Å². The number of anilines is 1. The number of methoxy groups -OCH3 is 1. The number of nitrogens with zero attached hydrogens (tertiary/aromatic N) is 2. The number of aromatic nitrogens is 2. The van der Waals surface area contributed by atoms with Gasteiger partial charge in [-0.05, 0) is 18.2 Å². The zero-order chi connectivity index (χ0) is 25.7. The summed E-state index contributed by atoms with van der Waals surface area (Å²) in [5, 5.41) is 7.12. The lowest BCUT2D eigenvalue weighted by molar-refractivity contribution is -0.155. The molecule has 1 aromatic heterocycles. The first-order valence-corrected chi connectivity index (χ1v) is 10.9. The van der Waals surface area contributed by atoms with E-state index in [4.69, 9.17) is 15.2 Å². The van der Waals surface area contributed by atoms with E-state index in [2.05, 4.69) is 10.4 Å². The summed E-state index contributed by atoms with van der Waals surface area (Å²) in [6, 6.07) is 21.4. The molecule has 0 saturated carbocycles. The first kappa shape index (κ1) is 24.1. The summed E-state index contributed by atoms with van der Waals surface area (Å²) < 4.78 is 11.5. The van der Waals surface area contributed by atoms with Crippen molar-refractivity contribution in [3.63, 3.8) is 0 Å². The highest BCUT2D eigenvalue weighted by Gasteiger charge is 2.26. The van der Waals surface area contributed by atoms with Crippen LogP contribution in [-0.4, -0.2) is 34.7 Å². The van der Waals surface area contributed by atoms with Crippen molar-refractivity contribution in [1.29, 1.82) is 0 Å². The van der Waals surface area contributed by atoms with Gasteiger partial charge in [-0.25, -0.2) is 4.68 Å². The zero-order valence-electron chi connectivity index (χ0n) is 19.2. The molecule has 0 bridgehead atoms. The molecule has 0 radical (unpaired) electrons. The number of nitrogens with one attached hydrogen (secondary N) is 1. The second kappa shape index (κ2) is 10.5. The molecule has 36 heavy (non-hydrogen) atoms. The zero-order valence-corrected chi connectivity index (χ0v) is 19.2. The number of carbonyl (C=O) groups excluding carboxylic acids is 3. The van der Waals surface area contributed by atoms with Gasteiger partial charge in [-0.1, -0.05) is 54.6 Å². The molecular weight excluding hydrogens is 464 g/mol. The predicted octanol–water partition coefficient (Wildman–Crippen LogP) is 2.43. The highest BCUT2D eigenvalue weighted by atomic mass is 16.5. The Kier molecular flexibility index (Phi) is 7.05. The normalized spacial score (nSPS) is 11.5. The number of hydrogen-bond acceptors (Lipinski definition) is 7. The second-order valence-electron chi connectivity index (χ2n) is 7.72. The van der Waals surface area contributed by atoms with Crippen LogP contribution >= 0.6 is 0 Å². The molecule has 10 nitrogen and oxygen atoms in total. The van der Waals surface area contributed by atoms with E-state index in [0.717, 1.165) is 4.68 Å². The number of esters is 1. The van der Waals surface area contributed by atoms with E-state index in [-0.39, 0.29) is 16.5 Å². The van der Waals surface area contributed by atoms with Gasteiger partial charge in [-0.15, -0.1) is 0 Å². The molecule has 0 aliphatic carbocycles. The molecule has 0 spiro atoms. The van der Waals surface area contributed by atoms with Crippen LogP contribution in [0.15, 0.2) is 83.7 Å². The predicted molar refractivity (Wildman–Crippen MR) is 131 cm³/mol. The molecule has 1 atom stereocenters. The summed E-state index contributed by atoms with van der Waals surface area (Å²) in [6.45, 7) is -0.639. The van der Waals surface area contributed by atoms with Gasteiger partial charge in [-0.2, -0.15) is 5.10 Å². The lowest BCUT2D eigenvalue weighted by Gasteiger charge is -2.18. The van der Waals surface area contributed by atoms with E-state index >= 15 is 0 Å². The highest BCUT2D eigenvalue weighted by Crippen LogP contribution is 2.23. The van der Waals surface area contributed by atoms with Crippen LogP contribution in [-0.2, 0) is 20.9 Å². The average molecular weight is 486 g/mol. The molecule has 4 rings (SSSR count). The van der Waals surface area contributed by atoms with E-state index in [1.165, 1.54) is 13.2 Å². The largest absolute Gasteiger partial charge is 0.497 e. The van der Waals surface area contributed by atoms with Crippen molar-refractivity contribution in [3.05, 3.63) is 100 Å². The summed E-state index contributed by atoms with van der Waals surface area (Å²) in [4.78, 5) is 50.8. The van der Waals surface area contributed by atoms with Gasteiger partial charge in [0.2, 0.25) is 6.10 Å². The third-order valence-corrected chi connectivity index (χ3v) is 5.31. The molecular formula is C26H22N4O6. The number of fused-ring (bicyclic) bond motifs is 1. The summed E-state index contributed by atoms with van der Waals surface area (Å²) >= 11 is 0. The lowest BCUT2D eigenvalue weighted by atomic mass is 10.1. The van der Waals surface area contributed by atoms with Gasteiger partial charge in [0.15, 0.2) is 5.69 Å². The molecule has 0 aliphatic heterocycles. The Morgan fingerprint density at radius 3 is 2.36 bits per heavy atom. The number of ether oxygens (including phenoxy) is 2. The minimum Gasteiger partial charge on any atom is -0.497 e. The maximum Gasteiger partial charge on any atom is 0.329 e. The van der Waals surface area contributed by atoms with Gasteiger partial charge in [0.05, 0.1) is 12.5 Å². The van der Waals surface area contributed by atoms with Crippen LogP contribution < -0.4 is 21.3 Å². The van der Waals surface area contributed by atoms with Crippen LogP contribution in [0.5, 0.6) is 5.75 Å². The number of hydrogen-bond donors (Lipinski definition) is 2. The molecule has 4 aromatic rings. The Bertz CT molecular complexity index is 1500. The third-order valence-electron chi connectivity index (χ3n) is 5.31. The van der Waals surface area contributed by atoms with Gasteiger partial charge >= 0.3 is 5.97 Å². The van der Waals surface area contributed by atoms with Gasteiger partial charge < -0.3 is 20.5 Å². The van der Waals surface area contributed by atoms with E-state index in [9.17, 15) is 19.2 Å². The van der Waals surface area contributed by atoms with Crippen LogP contribution in [0.25, 0.3) is 10.8 Å². The van der Waals surface area contributed by atoms with Crippen molar-refractivity contribution >= 4 is 34.2 Å². The molecule has 0 saturated heterocycles. The van der Waals surface area contributed by atoms with Crippen molar-refractivity contribution in [2.45, 2.75) is 12.6 Å². The van der Waals surface area contributed by atoms with Crippen LogP contribution in [0.1, 0.15) is 22.2 Å². The minimum absolute atomic E-state index is 0.159. The summed E-state index contributed by atoms with van der Waals surface area (Å²) in [6.07, 6.45) is -1.32. The fraction of sp³-hybridized carbons (Fsp3) is 0.115. The smallest absolute Gasteiger partial charge is 0.329 e. The Hall–Kier alpha value is -4.99. The maximum atomic E-state index is 13.1. The molecule has 2 amide bonds. The van der Waals surface area contributed by atoms with E-state index < -0.39 is 36.0 Å². The number of benzene rings is 3. The Morgan fingerprint density at radius 1 is 0.972 bits per heavy atom. The first-order chi connectivity index (χ1) is 17.4. The summed E-state index contributed by atoms with van der Waals surface area (Å²) in [5.74, 6) is -1.84. The van der Waals surface area contributed by atoms with E-state index in [1.807, 2.05) is 0 Å². The fourth-order valence-electron chi connectivity index (χ4n) is 3.62. The number of nitrogens with two attached hydrogens (primary N) is 1. The second-order valence-corrected chi connectivity index (χ2v) is 7.72. The van der Waals surface area contributed by atoms with Crippen molar-refractivity contribution in [3.8, 4) is 5.75 Å². The molecule has 182 valence electrons. The van der Waals surface area contributed by atoms with Crippen molar-refractivity contribution in [2.75, 3.05) is 12.4 Å². The first-order valence-electron chi connectivity index (χ1n) is 10.9. The Morgan fingerprint density at radius 2 is 1.67 bits per heavy atom. The van der Waals surface area contributed by atoms with Gasteiger partial charge in [0.1, 0.15) is 12.3 Å². The molecule has 3 aromatic carbocycles. The topological polar surface area (TPSA) is 143 Å². The fourth-order valence-corrected chi connectivity index (χ4v) is 3.62. The minimum atomic E-state index is -1.32. The molecule has 0 unspecified atom stereocenters. The molecule has 3 N–H and O–H groups in total. The van der Waals surface area contributed by atoms with Gasteiger partial charge in [0, 0.05) is 22.7 Å². The summed E-state index contributed by atoms with van der Waals surface area (Å²) in [7, 11) is 1.50. The van der Waals surface area contributed by atoms with E-state index in [1.54, 1.807) is 72.8 Å². The van der Waals surface area contributed by atoms with Crippen LogP contribution in [0.2, 0.25) is 0 Å².